The lowest BCUT2D eigenvalue weighted by molar-refractivity contribution is -0.0672. The van der Waals surface area contributed by atoms with Gasteiger partial charge < -0.3 is 14.6 Å². The first-order chi connectivity index (χ1) is 10.1. The van der Waals surface area contributed by atoms with E-state index in [1.165, 1.54) is 0 Å². The number of amides is 1. The van der Waals surface area contributed by atoms with E-state index in [4.69, 9.17) is 9.26 Å². The number of carbonyl (C=O) groups is 1. The van der Waals surface area contributed by atoms with Gasteiger partial charge >= 0.3 is 0 Å². The van der Waals surface area contributed by atoms with Crippen LogP contribution in [-0.2, 0) is 4.74 Å². The zero-order chi connectivity index (χ0) is 14.8. The lowest BCUT2D eigenvalue weighted by atomic mass is 10.2. The van der Waals surface area contributed by atoms with Crippen molar-refractivity contribution in [2.75, 3.05) is 26.2 Å². The van der Waals surface area contributed by atoms with Crippen molar-refractivity contribution in [3.63, 3.8) is 0 Å². The number of nitrogens with zero attached hydrogens (tertiary/aromatic N) is 2. The van der Waals surface area contributed by atoms with Gasteiger partial charge in [-0.2, -0.15) is 0 Å². The van der Waals surface area contributed by atoms with Crippen molar-refractivity contribution in [1.29, 1.82) is 0 Å². The maximum atomic E-state index is 12.0. The third kappa shape index (κ3) is 3.83. The van der Waals surface area contributed by atoms with Crippen molar-refractivity contribution in [1.82, 2.24) is 15.4 Å². The highest BCUT2D eigenvalue weighted by atomic mass is 16.5. The second kappa shape index (κ2) is 6.15. The summed E-state index contributed by atoms with van der Waals surface area (Å²) in [6.45, 7) is 7.43. The monoisotopic (exact) mass is 293 g/mol. The highest BCUT2D eigenvalue weighted by Crippen LogP contribution is 2.40. The molecule has 2 fully saturated rings. The van der Waals surface area contributed by atoms with Crippen molar-refractivity contribution >= 4 is 5.91 Å². The average molecular weight is 293 g/mol. The summed E-state index contributed by atoms with van der Waals surface area (Å²) >= 11 is 0. The lowest BCUT2D eigenvalue weighted by Crippen LogP contribution is -2.47. The first kappa shape index (κ1) is 14.5. The first-order valence-electron chi connectivity index (χ1n) is 7.74. The Morgan fingerprint density at radius 3 is 2.76 bits per heavy atom. The molecule has 116 valence electrons. The van der Waals surface area contributed by atoms with Gasteiger partial charge in [-0.3, -0.25) is 9.69 Å². The fourth-order valence-electron chi connectivity index (χ4n) is 2.84. The molecular formula is C15H23N3O3. The molecule has 0 unspecified atom stereocenters. The Bertz CT molecular complexity index is 488. The summed E-state index contributed by atoms with van der Waals surface area (Å²) in [5.41, 5.74) is 0.389. The minimum Gasteiger partial charge on any atom is -0.373 e. The molecule has 1 N–H and O–H groups in total. The third-order valence-electron chi connectivity index (χ3n) is 3.95. The molecule has 1 saturated carbocycles. The Labute approximate surface area is 124 Å². The smallest absolute Gasteiger partial charge is 0.273 e. The molecule has 1 aliphatic heterocycles. The van der Waals surface area contributed by atoms with Gasteiger partial charge in [0.05, 0.1) is 12.2 Å². The van der Waals surface area contributed by atoms with Crippen LogP contribution in [0.25, 0.3) is 0 Å². The molecule has 3 rings (SSSR count). The molecule has 1 aromatic heterocycles. The van der Waals surface area contributed by atoms with Crippen molar-refractivity contribution in [2.45, 2.75) is 44.8 Å². The summed E-state index contributed by atoms with van der Waals surface area (Å²) in [5.74, 6) is 1.17. The molecule has 0 radical (unpaired) electrons. The minimum atomic E-state index is -0.153. The minimum absolute atomic E-state index is 0.153. The molecule has 2 aliphatic rings. The number of morpholine rings is 1. The van der Waals surface area contributed by atoms with Gasteiger partial charge in [-0.05, 0) is 26.7 Å². The van der Waals surface area contributed by atoms with Crippen LogP contribution in [0.4, 0.5) is 0 Å². The van der Waals surface area contributed by atoms with E-state index in [0.717, 1.165) is 38.2 Å². The third-order valence-corrected chi connectivity index (χ3v) is 3.95. The molecule has 21 heavy (non-hydrogen) atoms. The number of ether oxygens (including phenoxy) is 1. The molecular weight excluding hydrogens is 270 g/mol. The van der Waals surface area contributed by atoms with Crippen molar-refractivity contribution < 1.29 is 14.1 Å². The van der Waals surface area contributed by atoms with Crippen LogP contribution in [0.1, 0.15) is 48.9 Å². The van der Waals surface area contributed by atoms with Crippen LogP contribution < -0.4 is 5.32 Å². The van der Waals surface area contributed by atoms with Gasteiger partial charge in [0.1, 0.15) is 5.76 Å². The Morgan fingerprint density at radius 1 is 1.38 bits per heavy atom. The molecule has 1 amide bonds. The lowest BCUT2D eigenvalue weighted by Gasteiger charge is -2.35. The molecule has 1 aromatic rings. The van der Waals surface area contributed by atoms with Gasteiger partial charge in [0.25, 0.3) is 5.91 Å². The topological polar surface area (TPSA) is 67.6 Å². The molecule has 0 aromatic carbocycles. The van der Waals surface area contributed by atoms with Crippen LogP contribution in [0.2, 0.25) is 0 Å². The number of hydrogen-bond donors (Lipinski definition) is 1. The fourth-order valence-corrected chi connectivity index (χ4v) is 2.84. The van der Waals surface area contributed by atoms with E-state index < -0.39 is 0 Å². The zero-order valence-corrected chi connectivity index (χ0v) is 12.7. The van der Waals surface area contributed by atoms with E-state index >= 15 is 0 Å². The van der Waals surface area contributed by atoms with Gasteiger partial charge in [-0.1, -0.05) is 5.16 Å². The van der Waals surface area contributed by atoms with E-state index in [9.17, 15) is 4.79 Å². The highest BCUT2D eigenvalue weighted by Gasteiger charge is 2.29. The van der Waals surface area contributed by atoms with E-state index in [-0.39, 0.29) is 18.1 Å². The quantitative estimate of drug-likeness (QED) is 0.888. The van der Waals surface area contributed by atoms with E-state index in [1.807, 2.05) is 0 Å². The van der Waals surface area contributed by atoms with Gasteiger partial charge in [-0.15, -0.1) is 0 Å². The number of aromatic nitrogens is 1. The van der Waals surface area contributed by atoms with Crippen LogP contribution >= 0.6 is 0 Å². The zero-order valence-electron chi connectivity index (χ0n) is 12.7. The highest BCUT2D eigenvalue weighted by molar-refractivity contribution is 5.92. The first-order valence-corrected chi connectivity index (χ1v) is 7.74. The summed E-state index contributed by atoms with van der Waals surface area (Å²) in [4.78, 5) is 14.3. The predicted octanol–water partition coefficient (Wildman–Crippen LogP) is 1.39. The molecule has 0 spiro atoms. The average Bonchev–Trinajstić information content (AvgIpc) is 3.15. The number of carbonyl (C=O) groups excluding carboxylic acids is 1. The van der Waals surface area contributed by atoms with Crippen LogP contribution in [0.5, 0.6) is 0 Å². The van der Waals surface area contributed by atoms with Gasteiger partial charge in [0.2, 0.25) is 0 Å². The maximum Gasteiger partial charge on any atom is 0.273 e. The molecule has 2 heterocycles. The Hall–Kier alpha value is -1.40. The Kier molecular flexibility index (Phi) is 4.26. The van der Waals surface area contributed by atoms with E-state index in [2.05, 4.69) is 29.2 Å². The maximum absolute atomic E-state index is 12.0. The van der Waals surface area contributed by atoms with Crippen LogP contribution in [0.15, 0.2) is 10.6 Å². The molecule has 1 saturated heterocycles. The van der Waals surface area contributed by atoms with Gasteiger partial charge in [0, 0.05) is 38.2 Å². The summed E-state index contributed by atoms with van der Waals surface area (Å²) in [5, 5.41) is 6.75. The molecule has 0 bridgehead atoms. The largest absolute Gasteiger partial charge is 0.373 e. The standard InChI is InChI=1S/C15H23N3O3/c1-10-8-18(9-11(2)20-10)6-5-16-15(19)13-7-14(21-17-13)12-3-4-12/h7,10-12H,3-6,8-9H2,1-2H3,(H,16,19)/t10-,11-/m1/s1. The van der Waals surface area contributed by atoms with Crippen LogP contribution in [-0.4, -0.2) is 54.4 Å². The van der Waals surface area contributed by atoms with Crippen molar-refractivity contribution in [2.24, 2.45) is 0 Å². The Morgan fingerprint density at radius 2 is 2.10 bits per heavy atom. The molecule has 6 heteroatoms. The second-order valence-corrected chi connectivity index (χ2v) is 6.16. The SMILES string of the molecule is C[C@@H]1CN(CCNC(=O)c2cc(C3CC3)on2)C[C@@H](C)O1. The fraction of sp³-hybridized carbons (Fsp3) is 0.733. The molecule has 6 nitrogen and oxygen atoms in total. The summed E-state index contributed by atoms with van der Waals surface area (Å²) in [6, 6.07) is 1.77. The molecule has 2 atom stereocenters. The molecule has 1 aliphatic carbocycles. The summed E-state index contributed by atoms with van der Waals surface area (Å²) in [6.07, 6.45) is 2.79. The predicted molar refractivity (Wildman–Crippen MR) is 77.3 cm³/mol. The van der Waals surface area contributed by atoms with Crippen LogP contribution in [0, 0.1) is 0 Å². The van der Waals surface area contributed by atoms with Crippen molar-refractivity contribution in [3.8, 4) is 0 Å². The van der Waals surface area contributed by atoms with Crippen LogP contribution in [0.3, 0.4) is 0 Å². The van der Waals surface area contributed by atoms with E-state index in [1.54, 1.807) is 6.07 Å². The normalized spacial score (nSPS) is 26.8. The number of nitrogens with one attached hydrogen (secondary N) is 1. The van der Waals surface area contributed by atoms with Crippen molar-refractivity contribution in [3.05, 3.63) is 17.5 Å². The summed E-state index contributed by atoms with van der Waals surface area (Å²) in [7, 11) is 0. The number of rotatable bonds is 5. The number of hydrogen-bond acceptors (Lipinski definition) is 5. The Balaban J connectivity index is 1.42. The van der Waals surface area contributed by atoms with E-state index in [0.29, 0.717) is 18.2 Å². The van der Waals surface area contributed by atoms with Gasteiger partial charge in [0.15, 0.2) is 5.69 Å². The van der Waals surface area contributed by atoms with Gasteiger partial charge in [-0.25, -0.2) is 0 Å². The summed E-state index contributed by atoms with van der Waals surface area (Å²) < 4.78 is 10.9. The second-order valence-electron chi connectivity index (χ2n) is 6.16.